The molecule has 1 aromatic rings. The standard InChI is InChI=1S/C16H24ClNO/c1-2-3-4-5-6-7-12-18-16(19)15-10-8-14(13-17)9-11-15/h8-11H,2-7,12-13H2,1H3,(H,18,19). The maximum Gasteiger partial charge on any atom is 0.251 e. The van der Waals surface area contributed by atoms with Gasteiger partial charge in [0.25, 0.3) is 5.91 Å². The number of amides is 1. The number of rotatable bonds is 9. The Labute approximate surface area is 121 Å². The van der Waals surface area contributed by atoms with Crippen LogP contribution in [0.3, 0.4) is 0 Å². The molecular formula is C16H24ClNO. The van der Waals surface area contributed by atoms with Crippen LogP contribution in [0.5, 0.6) is 0 Å². The molecule has 0 aliphatic carbocycles. The van der Waals surface area contributed by atoms with E-state index < -0.39 is 0 Å². The summed E-state index contributed by atoms with van der Waals surface area (Å²) in [5, 5.41) is 2.96. The first-order valence-electron chi connectivity index (χ1n) is 7.21. The van der Waals surface area contributed by atoms with Gasteiger partial charge in [-0.05, 0) is 24.1 Å². The lowest BCUT2D eigenvalue weighted by Crippen LogP contribution is -2.24. The summed E-state index contributed by atoms with van der Waals surface area (Å²) < 4.78 is 0. The van der Waals surface area contributed by atoms with E-state index in [2.05, 4.69) is 12.2 Å². The van der Waals surface area contributed by atoms with Crippen molar-refractivity contribution in [1.29, 1.82) is 0 Å². The summed E-state index contributed by atoms with van der Waals surface area (Å²) in [5.74, 6) is 0.495. The summed E-state index contributed by atoms with van der Waals surface area (Å²) in [6.07, 6.45) is 7.44. The largest absolute Gasteiger partial charge is 0.352 e. The zero-order valence-corrected chi connectivity index (χ0v) is 12.5. The van der Waals surface area contributed by atoms with Gasteiger partial charge in [0.15, 0.2) is 0 Å². The van der Waals surface area contributed by atoms with Crippen LogP contribution in [0.15, 0.2) is 24.3 Å². The smallest absolute Gasteiger partial charge is 0.251 e. The van der Waals surface area contributed by atoms with E-state index in [0.717, 1.165) is 18.5 Å². The molecule has 19 heavy (non-hydrogen) atoms. The monoisotopic (exact) mass is 281 g/mol. The first kappa shape index (κ1) is 16.0. The Morgan fingerprint density at radius 1 is 1.05 bits per heavy atom. The fraction of sp³-hybridized carbons (Fsp3) is 0.562. The van der Waals surface area contributed by atoms with E-state index in [9.17, 15) is 4.79 Å². The number of carbonyl (C=O) groups excluding carboxylic acids is 1. The van der Waals surface area contributed by atoms with Crippen LogP contribution in [0.25, 0.3) is 0 Å². The summed E-state index contributed by atoms with van der Waals surface area (Å²) in [6, 6.07) is 7.45. The van der Waals surface area contributed by atoms with Crippen LogP contribution in [0.2, 0.25) is 0 Å². The van der Waals surface area contributed by atoms with Gasteiger partial charge in [-0.3, -0.25) is 4.79 Å². The summed E-state index contributed by atoms with van der Waals surface area (Å²) in [7, 11) is 0. The predicted molar refractivity (Wildman–Crippen MR) is 81.7 cm³/mol. The van der Waals surface area contributed by atoms with Crippen molar-refractivity contribution in [2.45, 2.75) is 51.3 Å². The molecule has 0 unspecified atom stereocenters. The van der Waals surface area contributed by atoms with Gasteiger partial charge in [0.2, 0.25) is 0 Å². The maximum atomic E-state index is 11.8. The second-order valence-corrected chi connectivity index (χ2v) is 5.12. The van der Waals surface area contributed by atoms with Crippen molar-refractivity contribution in [3.63, 3.8) is 0 Å². The number of benzene rings is 1. The van der Waals surface area contributed by atoms with Gasteiger partial charge in [0.1, 0.15) is 0 Å². The van der Waals surface area contributed by atoms with Crippen molar-refractivity contribution < 1.29 is 4.79 Å². The van der Waals surface area contributed by atoms with E-state index in [1.54, 1.807) is 0 Å². The average molecular weight is 282 g/mol. The Bertz CT molecular complexity index is 362. The van der Waals surface area contributed by atoms with Crippen molar-refractivity contribution in [1.82, 2.24) is 5.32 Å². The third-order valence-electron chi connectivity index (χ3n) is 3.19. The van der Waals surface area contributed by atoms with E-state index in [0.29, 0.717) is 11.4 Å². The first-order valence-corrected chi connectivity index (χ1v) is 7.74. The molecule has 0 aliphatic rings. The Kier molecular flexibility index (Phi) is 8.31. The van der Waals surface area contributed by atoms with E-state index in [1.807, 2.05) is 24.3 Å². The van der Waals surface area contributed by atoms with Crippen LogP contribution in [0.1, 0.15) is 61.4 Å². The number of nitrogens with one attached hydrogen (secondary N) is 1. The molecule has 0 aliphatic heterocycles. The van der Waals surface area contributed by atoms with Crippen molar-refractivity contribution >= 4 is 17.5 Å². The number of alkyl halides is 1. The third-order valence-corrected chi connectivity index (χ3v) is 3.49. The van der Waals surface area contributed by atoms with Crippen molar-refractivity contribution in [2.24, 2.45) is 0 Å². The maximum absolute atomic E-state index is 11.8. The van der Waals surface area contributed by atoms with Gasteiger partial charge in [0.05, 0.1) is 0 Å². The molecule has 0 aromatic heterocycles. The zero-order valence-electron chi connectivity index (χ0n) is 11.8. The van der Waals surface area contributed by atoms with Crippen molar-refractivity contribution in [3.05, 3.63) is 35.4 Å². The third kappa shape index (κ3) is 6.63. The predicted octanol–water partition coefficient (Wildman–Crippen LogP) is 4.52. The first-order chi connectivity index (χ1) is 9.27. The van der Waals surface area contributed by atoms with Gasteiger partial charge in [-0.1, -0.05) is 51.2 Å². The number of halogens is 1. The molecule has 1 N–H and O–H groups in total. The van der Waals surface area contributed by atoms with Gasteiger partial charge < -0.3 is 5.32 Å². The summed E-state index contributed by atoms with van der Waals surface area (Å²) in [6.45, 7) is 2.98. The Hall–Kier alpha value is -1.02. The molecule has 0 saturated carbocycles. The zero-order chi connectivity index (χ0) is 13.9. The summed E-state index contributed by atoms with van der Waals surface area (Å²) in [4.78, 5) is 11.8. The minimum atomic E-state index is 0.00896. The van der Waals surface area contributed by atoms with Gasteiger partial charge in [-0.2, -0.15) is 0 Å². The van der Waals surface area contributed by atoms with Crippen LogP contribution in [-0.2, 0) is 5.88 Å². The second-order valence-electron chi connectivity index (χ2n) is 4.85. The van der Waals surface area contributed by atoms with Gasteiger partial charge in [-0.15, -0.1) is 11.6 Å². The van der Waals surface area contributed by atoms with Crippen molar-refractivity contribution in [3.8, 4) is 0 Å². The lowest BCUT2D eigenvalue weighted by molar-refractivity contribution is 0.0953. The van der Waals surface area contributed by atoms with Crippen LogP contribution >= 0.6 is 11.6 Å². The molecule has 0 fully saturated rings. The molecule has 0 radical (unpaired) electrons. The highest BCUT2D eigenvalue weighted by Gasteiger charge is 2.03. The Balaban J connectivity index is 2.16. The second kappa shape index (κ2) is 9.85. The summed E-state index contributed by atoms with van der Waals surface area (Å²) >= 11 is 5.71. The molecule has 2 nitrogen and oxygen atoms in total. The molecule has 3 heteroatoms. The number of unbranched alkanes of at least 4 members (excludes halogenated alkanes) is 5. The molecule has 1 rings (SSSR count). The van der Waals surface area contributed by atoms with E-state index in [1.165, 1.54) is 32.1 Å². The quantitative estimate of drug-likeness (QED) is 0.523. The van der Waals surface area contributed by atoms with Gasteiger partial charge >= 0.3 is 0 Å². The van der Waals surface area contributed by atoms with Crippen LogP contribution in [0, 0.1) is 0 Å². The van der Waals surface area contributed by atoms with Gasteiger partial charge in [0, 0.05) is 18.0 Å². The molecule has 0 spiro atoms. The average Bonchev–Trinajstić information content (AvgIpc) is 2.46. The summed E-state index contributed by atoms with van der Waals surface area (Å²) in [5.41, 5.74) is 1.74. The molecule has 0 bridgehead atoms. The molecule has 1 aromatic carbocycles. The minimum absolute atomic E-state index is 0.00896. The topological polar surface area (TPSA) is 29.1 Å². The van der Waals surface area contributed by atoms with E-state index in [4.69, 9.17) is 11.6 Å². The normalized spacial score (nSPS) is 10.4. The highest BCUT2D eigenvalue weighted by Crippen LogP contribution is 2.07. The highest BCUT2D eigenvalue weighted by molar-refractivity contribution is 6.17. The molecule has 0 heterocycles. The molecule has 106 valence electrons. The lowest BCUT2D eigenvalue weighted by Gasteiger charge is -2.05. The van der Waals surface area contributed by atoms with E-state index in [-0.39, 0.29) is 5.91 Å². The Morgan fingerprint density at radius 3 is 2.32 bits per heavy atom. The van der Waals surface area contributed by atoms with Gasteiger partial charge in [-0.25, -0.2) is 0 Å². The number of hydrogen-bond acceptors (Lipinski definition) is 1. The highest BCUT2D eigenvalue weighted by atomic mass is 35.5. The molecule has 1 amide bonds. The number of carbonyl (C=O) groups is 1. The van der Waals surface area contributed by atoms with E-state index >= 15 is 0 Å². The lowest BCUT2D eigenvalue weighted by atomic mass is 10.1. The van der Waals surface area contributed by atoms with Crippen LogP contribution in [-0.4, -0.2) is 12.5 Å². The fourth-order valence-electron chi connectivity index (χ4n) is 1.95. The molecule has 0 saturated heterocycles. The van der Waals surface area contributed by atoms with Crippen molar-refractivity contribution in [2.75, 3.05) is 6.54 Å². The SMILES string of the molecule is CCCCCCCCNC(=O)c1ccc(CCl)cc1. The van der Waals surface area contributed by atoms with Crippen LogP contribution in [0.4, 0.5) is 0 Å². The number of hydrogen-bond donors (Lipinski definition) is 1. The minimum Gasteiger partial charge on any atom is -0.352 e. The Morgan fingerprint density at radius 2 is 1.68 bits per heavy atom. The molecule has 0 atom stereocenters. The fourth-order valence-corrected chi connectivity index (χ4v) is 2.13. The molecular weight excluding hydrogens is 258 g/mol. The van der Waals surface area contributed by atoms with Crippen LogP contribution < -0.4 is 5.32 Å².